The number of thioether (sulfide) groups is 1. The van der Waals surface area contributed by atoms with Crippen LogP contribution in [-0.4, -0.2) is 33.3 Å². The van der Waals surface area contributed by atoms with E-state index in [0.29, 0.717) is 29.6 Å². The highest BCUT2D eigenvalue weighted by atomic mass is 32.2. The van der Waals surface area contributed by atoms with Crippen molar-refractivity contribution in [2.75, 3.05) is 19.0 Å². The number of sulfonamides is 1. The van der Waals surface area contributed by atoms with Crippen molar-refractivity contribution in [1.82, 2.24) is 10.3 Å². The van der Waals surface area contributed by atoms with Gasteiger partial charge in [-0.3, -0.25) is 10.2 Å². The minimum absolute atomic E-state index is 0.0798. The predicted molar refractivity (Wildman–Crippen MR) is 93.0 cm³/mol. The van der Waals surface area contributed by atoms with E-state index < -0.39 is 21.7 Å². The van der Waals surface area contributed by atoms with Crippen molar-refractivity contribution in [1.29, 1.82) is 0 Å². The van der Waals surface area contributed by atoms with Crippen LogP contribution in [0.2, 0.25) is 0 Å². The molecule has 138 valence electrons. The van der Waals surface area contributed by atoms with E-state index in [2.05, 4.69) is 5.43 Å². The molecule has 0 saturated heterocycles. The minimum atomic E-state index is -3.98. The summed E-state index contributed by atoms with van der Waals surface area (Å²) < 4.78 is 48.7. The van der Waals surface area contributed by atoms with Crippen molar-refractivity contribution in [3.05, 3.63) is 48.3 Å². The molecule has 2 aromatic carbocycles. The van der Waals surface area contributed by atoms with E-state index in [1.165, 1.54) is 30.3 Å². The lowest BCUT2D eigenvalue weighted by Gasteiger charge is -2.19. The monoisotopic (exact) mass is 398 g/mol. The van der Waals surface area contributed by atoms with Gasteiger partial charge in [0.05, 0.1) is 10.6 Å². The Bertz CT molecular complexity index is 921. The lowest BCUT2D eigenvalue weighted by atomic mass is 10.3. The Morgan fingerprint density at radius 1 is 1.12 bits per heavy atom. The van der Waals surface area contributed by atoms with Gasteiger partial charge in [-0.25, -0.2) is 12.8 Å². The summed E-state index contributed by atoms with van der Waals surface area (Å²) >= 11 is 0.962. The van der Waals surface area contributed by atoms with Crippen LogP contribution < -0.4 is 19.7 Å². The van der Waals surface area contributed by atoms with E-state index in [0.717, 1.165) is 11.8 Å². The SMILES string of the molecule is O=C(CSc1ccccc1F)NNS(=O)(=O)c1ccc2c(c1)OCCO2. The van der Waals surface area contributed by atoms with Gasteiger partial charge in [-0.2, -0.15) is 0 Å². The zero-order valence-corrected chi connectivity index (χ0v) is 15.0. The van der Waals surface area contributed by atoms with E-state index in [-0.39, 0.29) is 10.6 Å². The molecule has 2 N–H and O–H groups in total. The third-order valence-corrected chi connectivity index (χ3v) is 5.64. The normalized spacial score (nSPS) is 13.3. The summed E-state index contributed by atoms with van der Waals surface area (Å²) in [4.78, 5) is 14.0. The van der Waals surface area contributed by atoms with Gasteiger partial charge in [0.1, 0.15) is 19.0 Å². The molecule has 1 heterocycles. The first-order chi connectivity index (χ1) is 12.5. The number of carbonyl (C=O) groups excluding carboxylic acids is 1. The second-order valence-electron chi connectivity index (χ2n) is 5.18. The zero-order chi connectivity index (χ0) is 18.6. The van der Waals surface area contributed by atoms with Gasteiger partial charge in [0.2, 0.25) is 5.91 Å². The molecule has 1 aliphatic heterocycles. The standard InChI is InChI=1S/C16H15FN2O5S2/c17-12-3-1-2-4-15(12)25-10-16(20)18-19-26(21,22)11-5-6-13-14(9-11)24-8-7-23-13/h1-6,9,19H,7-8,10H2,(H,18,20). The summed E-state index contributed by atoms with van der Waals surface area (Å²) in [6, 6.07) is 10.2. The number of benzene rings is 2. The number of amides is 1. The largest absolute Gasteiger partial charge is 0.486 e. The maximum Gasteiger partial charge on any atom is 0.257 e. The number of nitrogens with one attached hydrogen (secondary N) is 2. The molecule has 0 aliphatic carbocycles. The average Bonchev–Trinajstić information content (AvgIpc) is 2.65. The van der Waals surface area contributed by atoms with Gasteiger partial charge in [0, 0.05) is 11.0 Å². The van der Waals surface area contributed by atoms with E-state index in [1.54, 1.807) is 12.1 Å². The molecule has 26 heavy (non-hydrogen) atoms. The summed E-state index contributed by atoms with van der Waals surface area (Å²) in [5, 5.41) is 0. The lowest BCUT2D eigenvalue weighted by Crippen LogP contribution is -2.42. The van der Waals surface area contributed by atoms with Crippen LogP contribution in [0.25, 0.3) is 0 Å². The van der Waals surface area contributed by atoms with Gasteiger partial charge in [-0.15, -0.1) is 16.6 Å². The third kappa shape index (κ3) is 4.45. The number of hydrogen-bond donors (Lipinski definition) is 2. The molecule has 0 unspecified atom stereocenters. The predicted octanol–water partition coefficient (Wildman–Crippen LogP) is 1.70. The van der Waals surface area contributed by atoms with Crippen LogP contribution in [0.3, 0.4) is 0 Å². The number of hydrazine groups is 1. The van der Waals surface area contributed by atoms with Gasteiger partial charge in [-0.1, -0.05) is 12.1 Å². The minimum Gasteiger partial charge on any atom is -0.486 e. The highest BCUT2D eigenvalue weighted by molar-refractivity contribution is 8.00. The van der Waals surface area contributed by atoms with Crippen LogP contribution in [0, 0.1) is 5.82 Å². The first-order valence-electron chi connectivity index (χ1n) is 7.53. The number of fused-ring (bicyclic) bond motifs is 1. The second-order valence-corrected chi connectivity index (χ2v) is 7.88. The molecule has 7 nitrogen and oxygen atoms in total. The Balaban J connectivity index is 1.58. The fraction of sp³-hybridized carbons (Fsp3) is 0.188. The van der Waals surface area contributed by atoms with Crippen LogP contribution in [0.4, 0.5) is 4.39 Å². The van der Waals surface area contributed by atoms with Gasteiger partial charge in [0.25, 0.3) is 10.0 Å². The molecule has 0 fully saturated rings. The Kier molecular flexibility index (Phi) is 5.64. The first-order valence-corrected chi connectivity index (χ1v) is 10.0. The fourth-order valence-corrected chi connectivity index (χ4v) is 3.73. The summed E-state index contributed by atoms with van der Waals surface area (Å²) in [6.07, 6.45) is 0. The van der Waals surface area contributed by atoms with Gasteiger partial charge < -0.3 is 9.47 Å². The number of carbonyl (C=O) groups is 1. The average molecular weight is 398 g/mol. The molecule has 0 bridgehead atoms. The molecule has 0 saturated carbocycles. The second kappa shape index (κ2) is 7.94. The zero-order valence-electron chi connectivity index (χ0n) is 13.4. The van der Waals surface area contributed by atoms with Crippen molar-refractivity contribution in [3.63, 3.8) is 0 Å². The van der Waals surface area contributed by atoms with Gasteiger partial charge in [-0.05, 0) is 24.3 Å². The number of rotatable bonds is 6. The molecular weight excluding hydrogens is 383 g/mol. The molecule has 0 atom stereocenters. The van der Waals surface area contributed by atoms with E-state index in [1.807, 2.05) is 4.83 Å². The Labute approximate surface area is 153 Å². The van der Waals surface area contributed by atoms with E-state index >= 15 is 0 Å². The molecule has 0 aromatic heterocycles. The Hall–Kier alpha value is -2.30. The highest BCUT2D eigenvalue weighted by Gasteiger charge is 2.20. The smallest absolute Gasteiger partial charge is 0.257 e. The fourth-order valence-electron chi connectivity index (χ4n) is 2.12. The van der Waals surface area contributed by atoms with Crippen molar-refractivity contribution >= 4 is 27.7 Å². The maximum atomic E-state index is 13.5. The molecule has 1 aliphatic rings. The van der Waals surface area contributed by atoms with Gasteiger partial charge in [0.15, 0.2) is 11.5 Å². The molecule has 2 aromatic rings. The highest BCUT2D eigenvalue weighted by Crippen LogP contribution is 2.32. The number of ether oxygens (including phenoxy) is 2. The quantitative estimate of drug-likeness (QED) is 0.568. The van der Waals surface area contributed by atoms with Gasteiger partial charge >= 0.3 is 0 Å². The molecule has 3 rings (SSSR count). The first kappa shape index (κ1) is 18.5. The van der Waals surface area contributed by atoms with Crippen LogP contribution in [0.15, 0.2) is 52.3 Å². The Morgan fingerprint density at radius 2 is 1.85 bits per heavy atom. The Morgan fingerprint density at radius 3 is 2.62 bits per heavy atom. The van der Waals surface area contributed by atoms with E-state index in [4.69, 9.17) is 9.47 Å². The van der Waals surface area contributed by atoms with Crippen molar-refractivity contribution in [3.8, 4) is 11.5 Å². The summed E-state index contributed by atoms with van der Waals surface area (Å²) in [5.74, 6) is -0.424. The third-order valence-electron chi connectivity index (χ3n) is 3.34. The summed E-state index contributed by atoms with van der Waals surface area (Å²) in [6.45, 7) is 0.723. The number of halogens is 1. The molecule has 0 radical (unpaired) electrons. The molecule has 1 amide bonds. The topological polar surface area (TPSA) is 93.7 Å². The van der Waals surface area contributed by atoms with Crippen LogP contribution in [0.5, 0.6) is 11.5 Å². The van der Waals surface area contributed by atoms with Crippen molar-refractivity contribution in [2.24, 2.45) is 0 Å². The maximum absolute atomic E-state index is 13.5. The number of hydrogen-bond acceptors (Lipinski definition) is 6. The van der Waals surface area contributed by atoms with Crippen molar-refractivity contribution < 1.29 is 27.1 Å². The molecule has 10 heteroatoms. The van der Waals surface area contributed by atoms with Crippen LogP contribution >= 0.6 is 11.8 Å². The summed E-state index contributed by atoms with van der Waals surface area (Å²) in [5.41, 5.74) is 2.10. The molecule has 0 spiro atoms. The van der Waals surface area contributed by atoms with Crippen molar-refractivity contribution in [2.45, 2.75) is 9.79 Å². The van der Waals surface area contributed by atoms with Crippen LogP contribution in [-0.2, 0) is 14.8 Å². The molecular formula is C16H15FN2O5S2. The summed E-state index contributed by atoms with van der Waals surface area (Å²) in [7, 11) is -3.98. The van der Waals surface area contributed by atoms with Crippen LogP contribution in [0.1, 0.15) is 0 Å². The lowest BCUT2D eigenvalue weighted by molar-refractivity contribution is -0.119. The van der Waals surface area contributed by atoms with E-state index in [9.17, 15) is 17.6 Å².